The molecule has 4 aliphatic rings. The quantitative estimate of drug-likeness (QED) is 0.00422. The molecule has 12 atom stereocenters. The highest BCUT2D eigenvalue weighted by molar-refractivity contribution is 7.60. The standard InChI is InChI=1S/C33H56N7O6P.C31H54N7O6P.C12H22ClNO2.C10H19ClO2.C9H14N5O4P.H3N/c1-6-10-12-14-16-44-30(41)32(18-25(32)8-3)38-47(43,39-33(19-26(33)9-4)31(42)45-17-15-13-11-7-2)23-46-24(5)20-40-22-37-27-28(34)35-21-36-29(27)40;1-7-10-12-14-16-42-28(39)30(5,6)36-45(41,37-31(18-24(31)9-3)29(40)43-17-15-13-11-8-2)22-44-23(4)19-38-21-35-25-26(32)33-20-34-27(25)38;1-3-5-6-7-8-16-11(15)12(14-13)9-10(12)4-2;1-4-5-6-7-8-13-9(12)10(2,3)11;1-6(18-5-19(15,16)17)2-14-4-13-7-8(10)11-3-12-9(7)14;/h21-22,24-26H,6-20,23H2,1-5H3,(H2,34,35,36)(H2,38,39,43);20-21,23-24H,7-19,22H2,1-6H3,(H2,32,33,34)(H2,36,37,41);10,14H,3-9H2,1-2H3;4-8H2,1-3H3;3-4,6H,2,5H2,1H3,(H2,10,11,12)(H2,15,16,17);1H3/t24-,25-,26-,32-,33-;23-,24-,31-,45?;10-,12-;;6-;/m111.1./s1. The minimum atomic E-state index is -4.16. The molecule has 0 saturated heterocycles. The molecule has 0 spiro atoms. The SMILES string of the molecule is CCCCCCOC(=O)C(C)(C)Cl.CCCCCCOC(=O)C(C)(C)NP(=O)(CO[C@H](C)Cn1cnc2c(N)ncnc21)N[C@]1(C(=O)OCCCCCC)C[C@H]1CC.CCCCCCOC(=O)[C@@]1(NCl)C[C@H]1CC.CCCCCCOC(=O)[C@@]1(NP(=O)(CO[C@H](C)Cn2cnc3c(N)ncnc32)N[C@]2(C(=O)OCCCCCC)C[C@H]2CC)C[C@H]1CC.C[C@H](Cn1cnc2c(N)ncnc21)OCP(=O)(O)O.N. The summed E-state index contributed by atoms with van der Waals surface area (Å²) < 4.78 is 96.2. The molecule has 6 aromatic rings. The van der Waals surface area contributed by atoms with E-state index in [2.05, 4.69) is 119 Å². The number of fused-ring (bicyclic) bond motifs is 3. The molecule has 10 rings (SSSR count). The monoisotopic (exact) mass is 2090 g/mol. The van der Waals surface area contributed by atoms with Crippen LogP contribution in [0.5, 0.6) is 0 Å². The van der Waals surface area contributed by atoms with E-state index in [4.69, 9.17) is 93.0 Å². The lowest BCUT2D eigenvalue weighted by atomic mass is 10.1. The van der Waals surface area contributed by atoms with E-state index in [0.29, 0.717) is 118 Å². The van der Waals surface area contributed by atoms with Gasteiger partial charge in [-0.3, -0.25) is 37.7 Å². The summed E-state index contributed by atoms with van der Waals surface area (Å²) >= 11 is 11.4. The molecule has 0 bridgehead atoms. The van der Waals surface area contributed by atoms with E-state index >= 15 is 4.57 Å². The Morgan fingerprint density at radius 1 is 0.404 bits per heavy atom. The van der Waals surface area contributed by atoms with Gasteiger partial charge in [-0.2, -0.15) is 0 Å². The maximum atomic E-state index is 15.0. The van der Waals surface area contributed by atoms with Gasteiger partial charge in [0.05, 0.1) is 96.6 Å². The highest BCUT2D eigenvalue weighted by Crippen LogP contribution is 2.59. The Bertz CT molecular complexity index is 4880. The summed E-state index contributed by atoms with van der Waals surface area (Å²) in [7, 11) is -11.6. The fourth-order valence-electron chi connectivity index (χ4n) is 16.4. The normalized spacial score (nSPS) is 20.6. The molecule has 4 saturated carbocycles. The lowest BCUT2D eigenvalue weighted by molar-refractivity contribution is -0.150. The van der Waals surface area contributed by atoms with Crippen LogP contribution in [0.25, 0.3) is 33.5 Å². The van der Waals surface area contributed by atoms with Crippen LogP contribution in [-0.4, -0.2) is 214 Å². The molecule has 0 aromatic carbocycles. The van der Waals surface area contributed by atoms with Gasteiger partial charge in [0.15, 0.2) is 34.4 Å². The molecule has 4 fully saturated rings. The number of imidazole rings is 3. The molecule has 4 aliphatic carbocycles. The van der Waals surface area contributed by atoms with Gasteiger partial charge in [0.25, 0.3) is 0 Å². The number of nitrogen functional groups attached to an aromatic ring is 3. The number of hydrogen-bond donors (Lipinski definition) is 11. The van der Waals surface area contributed by atoms with E-state index in [-0.39, 0.29) is 72.6 Å². The first kappa shape index (κ1) is 124. The second-order valence-corrected chi connectivity index (χ2v) is 45.5. The number of carbonyl (C=O) groups excluding carboxylic acids is 6. The number of unbranched alkanes of at least 4 members (excludes halogenated alkanes) is 18. The lowest BCUT2D eigenvalue weighted by Crippen LogP contribution is -2.52. The molecule has 41 nitrogen and oxygen atoms in total. The molecular formula is C95H168Cl2N21O20P3. The second kappa shape index (κ2) is 60.7. The zero-order valence-electron chi connectivity index (χ0n) is 86.8. The number of nitrogens with zero attached hydrogens (tertiary/aromatic N) is 12. The van der Waals surface area contributed by atoms with E-state index in [1.54, 1.807) is 61.0 Å². The van der Waals surface area contributed by atoms with Gasteiger partial charge in [-0.05, 0) is 148 Å². The Balaban J connectivity index is 0.000000340. The first-order valence-corrected chi connectivity index (χ1v) is 57.0. The van der Waals surface area contributed by atoms with Crippen LogP contribution in [0.4, 0.5) is 17.5 Å². The van der Waals surface area contributed by atoms with E-state index < -0.39 is 104 Å². The fraction of sp³-hybridized carbons (Fsp3) is 0.779. The molecule has 0 amide bonds. The largest absolute Gasteiger partial charge is 0.464 e. The van der Waals surface area contributed by atoms with Crippen LogP contribution >= 0.6 is 45.9 Å². The molecule has 0 aliphatic heterocycles. The third kappa shape index (κ3) is 39.1. The molecule has 0 radical (unpaired) electrons. The maximum Gasteiger partial charge on any atom is 0.350 e. The summed E-state index contributed by atoms with van der Waals surface area (Å²) in [5.41, 5.74) is 15.5. The summed E-state index contributed by atoms with van der Waals surface area (Å²) in [4.78, 5) is 133. The average molecular weight is 2090 g/mol. The Morgan fingerprint density at radius 2 is 0.667 bits per heavy atom. The number of anilines is 3. The van der Waals surface area contributed by atoms with Crippen molar-refractivity contribution in [1.29, 1.82) is 0 Å². The second-order valence-electron chi connectivity index (χ2n) is 38.4. The number of carbonyl (C=O) groups is 6. The van der Waals surface area contributed by atoms with Crippen molar-refractivity contribution >= 4 is 133 Å². The summed E-state index contributed by atoms with van der Waals surface area (Å²) in [6, 6.07) is 0. The van der Waals surface area contributed by atoms with Crippen molar-refractivity contribution in [2.24, 2.45) is 23.7 Å². The van der Waals surface area contributed by atoms with E-state index in [1.807, 2.05) is 34.6 Å². The molecule has 141 heavy (non-hydrogen) atoms. The molecular weight excluding hydrogens is 1920 g/mol. The van der Waals surface area contributed by atoms with Gasteiger partial charge in [0.1, 0.15) is 87.1 Å². The van der Waals surface area contributed by atoms with Gasteiger partial charge in [-0.1, -0.05) is 210 Å². The number of alkyl halides is 1. The number of halogens is 2. The highest BCUT2D eigenvalue weighted by atomic mass is 35.5. The predicted molar refractivity (Wildman–Crippen MR) is 548 cm³/mol. The zero-order chi connectivity index (χ0) is 104. The number of hydrogen-bond acceptors (Lipinski definition) is 32. The van der Waals surface area contributed by atoms with Gasteiger partial charge >= 0.3 is 43.4 Å². The van der Waals surface area contributed by atoms with E-state index in [9.17, 15) is 37.9 Å². The van der Waals surface area contributed by atoms with Gasteiger partial charge in [-0.15, -0.1) is 11.6 Å². The van der Waals surface area contributed by atoms with Crippen LogP contribution in [0.1, 0.15) is 323 Å². The molecule has 6 aromatic heterocycles. The highest BCUT2D eigenvalue weighted by Gasteiger charge is 2.68. The van der Waals surface area contributed by atoms with Crippen molar-refractivity contribution in [2.45, 2.75) is 394 Å². The van der Waals surface area contributed by atoms with Gasteiger partial charge in [0.2, 0.25) is 14.9 Å². The molecule has 802 valence electrons. The first-order chi connectivity index (χ1) is 66.5. The van der Waals surface area contributed by atoms with Gasteiger partial charge < -0.3 is 89.5 Å². The number of nitrogens with two attached hydrogens (primary N) is 3. The summed E-state index contributed by atoms with van der Waals surface area (Å²) in [6.07, 6.45) is 36.4. The Labute approximate surface area is 843 Å². The van der Waals surface area contributed by atoms with E-state index in [0.717, 1.165) is 154 Å². The lowest BCUT2D eigenvalue weighted by Gasteiger charge is -2.33. The van der Waals surface area contributed by atoms with Crippen LogP contribution in [0.3, 0.4) is 0 Å². The van der Waals surface area contributed by atoms with Crippen LogP contribution in [0.15, 0.2) is 38.0 Å². The summed E-state index contributed by atoms with van der Waals surface area (Å²) in [5.74, 6) is -1.17. The number of aromatic nitrogens is 12. The minimum Gasteiger partial charge on any atom is -0.464 e. The minimum absolute atomic E-state index is 0. The maximum absolute atomic E-state index is 15.0. The van der Waals surface area contributed by atoms with Crippen LogP contribution in [0, 0.1) is 23.7 Å². The molecule has 46 heteroatoms. The molecule has 16 N–H and O–H groups in total. The summed E-state index contributed by atoms with van der Waals surface area (Å²) in [5, 5.41) is 12.7. The van der Waals surface area contributed by atoms with Crippen molar-refractivity contribution < 1.29 is 94.9 Å². The topological polar surface area (TPSA) is 581 Å². The van der Waals surface area contributed by atoms with Gasteiger partial charge in [0, 0.05) is 0 Å². The van der Waals surface area contributed by atoms with Crippen LogP contribution < -0.4 is 48.5 Å². The molecule has 1 unspecified atom stereocenters. The Hall–Kier alpha value is -7.30. The van der Waals surface area contributed by atoms with E-state index in [1.165, 1.54) is 51.0 Å². The van der Waals surface area contributed by atoms with Crippen LogP contribution in [0.2, 0.25) is 0 Å². The number of rotatable bonds is 64. The van der Waals surface area contributed by atoms with Crippen molar-refractivity contribution in [2.75, 3.05) is 75.9 Å². The van der Waals surface area contributed by atoms with Gasteiger partial charge in [-0.25, -0.2) is 74.8 Å². The predicted octanol–water partition coefficient (Wildman–Crippen LogP) is 17.3. The average Bonchev–Trinajstić information content (AvgIpc) is 1.52. The Kier molecular flexibility index (Phi) is 53.5. The number of ether oxygens (including phenoxy) is 9. The molecule has 6 heterocycles. The summed E-state index contributed by atoms with van der Waals surface area (Å²) in [6.45, 7) is 36.2. The van der Waals surface area contributed by atoms with Crippen molar-refractivity contribution in [1.82, 2.24) is 89.9 Å². The Morgan fingerprint density at radius 3 is 0.936 bits per heavy atom. The van der Waals surface area contributed by atoms with Crippen molar-refractivity contribution in [3.8, 4) is 0 Å². The smallest absolute Gasteiger partial charge is 0.350 e. The third-order valence-electron chi connectivity index (χ3n) is 25.3. The van der Waals surface area contributed by atoms with Crippen LogP contribution in [-0.2, 0) is 105 Å². The van der Waals surface area contributed by atoms with Crippen molar-refractivity contribution in [3.63, 3.8) is 0 Å². The fourth-order valence-corrected chi connectivity index (χ4v) is 22.6. The number of nitrogens with one attached hydrogen (secondary N) is 5. The zero-order valence-corrected chi connectivity index (χ0v) is 91.0. The third-order valence-corrected chi connectivity index (χ3v) is 30.5. The first-order valence-electron chi connectivity index (χ1n) is 50.6. The number of esters is 6. The van der Waals surface area contributed by atoms with Crippen molar-refractivity contribution in [3.05, 3.63) is 38.0 Å².